The molecular formula is C20H26N2O4. The number of carboxylic acids is 1. The Kier molecular flexibility index (Phi) is 5.59. The molecule has 2 amide bonds. The molecule has 6 heteroatoms. The molecule has 1 aromatic carbocycles. The summed E-state index contributed by atoms with van der Waals surface area (Å²) < 4.78 is 0. The highest BCUT2D eigenvalue weighted by Crippen LogP contribution is 2.49. The van der Waals surface area contributed by atoms with Crippen LogP contribution in [0.3, 0.4) is 0 Å². The fourth-order valence-electron chi connectivity index (χ4n) is 3.88. The zero-order chi connectivity index (χ0) is 18.7. The first-order valence-corrected chi connectivity index (χ1v) is 9.40. The number of hydrogen-bond donors (Lipinski definition) is 3. The predicted molar refractivity (Wildman–Crippen MR) is 97.8 cm³/mol. The lowest BCUT2D eigenvalue weighted by molar-refractivity contribution is -0.138. The van der Waals surface area contributed by atoms with E-state index in [-0.39, 0.29) is 11.8 Å². The van der Waals surface area contributed by atoms with Gasteiger partial charge in [-0.15, -0.1) is 0 Å². The number of hydrogen-bond acceptors (Lipinski definition) is 3. The van der Waals surface area contributed by atoms with E-state index in [2.05, 4.69) is 10.6 Å². The van der Waals surface area contributed by atoms with Crippen LogP contribution in [0.5, 0.6) is 0 Å². The number of carbonyl (C=O) groups is 3. The molecule has 3 atom stereocenters. The number of carbonyl (C=O) groups excluding carboxylic acids is 2. The summed E-state index contributed by atoms with van der Waals surface area (Å²) in [5, 5.41) is 14.2. The summed E-state index contributed by atoms with van der Waals surface area (Å²) in [4.78, 5) is 35.2. The molecule has 0 spiro atoms. The van der Waals surface area contributed by atoms with Gasteiger partial charge in [0.1, 0.15) is 6.04 Å². The maximum atomic E-state index is 12.4. The maximum Gasteiger partial charge on any atom is 0.325 e. The van der Waals surface area contributed by atoms with Crippen LogP contribution in [0.2, 0.25) is 0 Å². The first kappa shape index (κ1) is 18.4. The topological polar surface area (TPSA) is 95.5 Å². The summed E-state index contributed by atoms with van der Waals surface area (Å²) in [6, 6.07) is 5.58. The normalized spacial score (nSPS) is 23.7. The quantitative estimate of drug-likeness (QED) is 0.728. The Morgan fingerprint density at radius 3 is 2.35 bits per heavy atom. The average Bonchev–Trinajstić information content (AvgIpc) is 3.44. The van der Waals surface area contributed by atoms with Gasteiger partial charge in [0.25, 0.3) is 5.91 Å². The second kappa shape index (κ2) is 7.89. The summed E-state index contributed by atoms with van der Waals surface area (Å²) in [7, 11) is 0. The molecule has 0 aromatic heterocycles. The largest absolute Gasteiger partial charge is 0.480 e. The lowest BCUT2D eigenvalue weighted by Crippen LogP contribution is -2.38. The monoisotopic (exact) mass is 358 g/mol. The minimum Gasteiger partial charge on any atom is -0.480 e. The summed E-state index contributed by atoms with van der Waals surface area (Å²) in [5.41, 5.74) is 1.02. The van der Waals surface area contributed by atoms with Crippen molar-refractivity contribution in [2.45, 2.75) is 51.5 Å². The molecule has 26 heavy (non-hydrogen) atoms. The van der Waals surface area contributed by atoms with Gasteiger partial charge in [0, 0.05) is 17.2 Å². The predicted octanol–water partition coefficient (Wildman–Crippen LogP) is 3.04. The van der Waals surface area contributed by atoms with Gasteiger partial charge in [-0.2, -0.15) is 0 Å². The van der Waals surface area contributed by atoms with Crippen LogP contribution in [0.25, 0.3) is 0 Å². The van der Waals surface area contributed by atoms with E-state index in [1.165, 1.54) is 39.0 Å². The van der Waals surface area contributed by atoms with Gasteiger partial charge in [0.15, 0.2) is 0 Å². The van der Waals surface area contributed by atoms with E-state index < -0.39 is 17.9 Å². The summed E-state index contributed by atoms with van der Waals surface area (Å²) >= 11 is 0. The van der Waals surface area contributed by atoms with Crippen molar-refractivity contribution < 1.29 is 19.5 Å². The van der Waals surface area contributed by atoms with Crippen LogP contribution in [0.4, 0.5) is 5.69 Å². The van der Waals surface area contributed by atoms with E-state index in [9.17, 15) is 14.4 Å². The zero-order valence-electron chi connectivity index (χ0n) is 15.0. The minimum atomic E-state index is -1.08. The van der Waals surface area contributed by atoms with Crippen LogP contribution >= 0.6 is 0 Å². The van der Waals surface area contributed by atoms with Crippen molar-refractivity contribution in [2.75, 3.05) is 5.32 Å². The molecule has 2 aliphatic rings. The summed E-state index contributed by atoms with van der Waals surface area (Å²) in [6.45, 7) is 1.41. The standard InChI is InChI=1S/C20H26N2O4/c1-12(20(25)26)21-18(23)14-7-9-15(10-8-14)22-19(24)17-11-16(17)13-5-3-2-4-6-13/h7-10,12-13,16-17H,2-6,11H2,1H3,(H,21,23)(H,22,24)(H,25,26). The number of benzene rings is 1. The molecule has 1 aromatic rings. The van der Waals surface area contributed by atoms with Crippen molar-refractivity contribution in [1.82, 2.24) is 5.32 Å². The summed E-state index contributed by atoms with van der Waals surface area (Å²) in [6.07, 6.45) is 7.41. The number of rotatable bonds is 6. The fraction of sp³-hybridized carbons (Fsp3) is 0.550. The van der Waals surface area contributed by atoms with Gasteiger partial charge in [-0.3, -0.25) is 14.4 Å². The second-order valence-electron chi connectivity index (χ2n) is 7.50. The third-order valence-electron chi connectivity index (χ3n) is 5.56. The Hall–Kier alpha value is -2.37. The average molecular weight is 358 g/mol. The minimum absolute atomic E-state index is 0.0669. The van der Waals surface area contributed by atoms with E-state index >= 15 is 0 Å². The van der Waals surface area contributed by atoms with Crippen molar-refractivity contribution in [3.63, 3.8) is 0 Å². The zero-order valence-corrected chi connectivity index (χ0v) is 15.0. The molecule has 3 rings (SSSR count). The van der Waals surface area contributed by atoms with Gasteiger partial charge < -0.3 is 15.7 Å². The Morgan fingerprint density at radius 1 is 1.08 bits per heavy atom. The molecule has 0 radical (unpaired) electrons. The highest BCUT2D eigenvalue weighted by atomic mass is 16.4. The van der Waals surface area contributed by atoms with Gasteiger partial charge in [-0.05, 0) is 49.4 Å². The van der Waals surface area contributed by atoms with E-state index in [1.54, 1.807) is 24.3 Å². The first-order valence-electron chi connectivity index (χ1n) is 9.40. The van der Waals surface area contributed by atoms with E-state index in [0.29, 0.717) is 23.1 Å². The number of anilines is 1. The third kappa shape index (κ3) is 4.42. The Bertz CT molecular complexity index is 680. The number of nitrogens with one attached hydrogen (secondary N) is 2. The highest BCUT2D eigenvalue weighted by Gasteiger charge is 2.47. The van der Waals surface area contributed by atoms with Gasteiger partial charge in [0.05, 0.1) is 0 Å². The lowest BCUT2D eigenvalue weighted by Gasteiger charge is -2.21. The Morgan fingerprint density at radius 2 is 1.73 bits per heavy atom. The Labute approximate surface area is 153 Å². The molecule has 3 N–H and O–H groups in total. The molecule has 6 nitrogen and oxygen atoms in total. The van der Waals surface area contributed by atoms with Gasteiger partial charge >= 0.3 is 5.97 Å². The van der Waals surface area contributed by atoms with E-state index in [1.807, 2.05) is 0 Å². The van der Waals surface area contributed by atoms with Crippen molar-refractivity contribution >= 4 is 23.5 Å². The van der Waals surface area contributed by atoms with Crippen LogP contribution in [0.1, 0.15) is 55.8 Å². The molecule has 2 aliphatic carbocycles. The highest BCUT2D eigenvalue weighted by molar-refractivity contribution is 5.98. The molecule has 0 heterocycles. The molecule has 3 unspecified atom stereocenters. The van der Waals surface area contributed by atoms with E-state index in [0.717, 1.165) is 6.42 Å². The van der Waals surface area contributed by atoms with Crippen molar-refractivity contribution in [2.24, 2.45) is 17.8 Å². The molecular weight excluding hydrogens is 332 g/mol. The maximum absolute atomic E-state index is 12.4. The van der Waals surface area contributed by atoms with Gasteiger partial charge in [-0.1, -0.05) is 32.1 Å². The smallest absolute Gasteiger partial charge is 0.325 e. The molecule has 0 saturated heterocycles. The van der Waals surface area contributed by atoms with Crippen molar-refractivity contribution in [1.29, 1.82) is 0 Å². The molecule has 140 valence electrons. The molecule has 0 aliphatic heterocycles. The second-order valence-corrected chi connectivity index (χ2v) is 7.50. The molecule has 0 bridgehead atoms. The third-order valence-corrected chi connectivity index (χ3v) is 5.56. The number of carboxylic acid groups (broad SMARTS) is 1. The van der Waals surface area contributed by atoms with Crippen LogP contribution < -0.4 is 10.6 Å². The van der Waals surface area contributed by atoms with Crippen LogP contribution in [0, 0.1) is 17.8 Å². The molecule has 2 fully saturated rings. The SMILES string of the molecule is CC(NC(=O)c1ccc(NC(=O)C2CC2C2CCCCC2)cc1)C(=O)O. The van der Waals surface area contributed by atoms with Crippen molar-refractivity contribution in [3.05, 3.63) is 29.8 Å². The van der Waals surface area contributed by atoms with Gasteiger partial charge in [-0.25, -0.2) is 0 Å². The van der Waals surface area contributed by atoms with Crippen LogP contribution in [-0.4, -0.2) is 28.9 Å². The van der Waals surface area contributed by atoms with E-state index in [4.69, 9.17) is 5.11 Å². The van der Waals surface area contributed by atoms with Crippen molar-refractivity contribution in [3.8, 4) is 0 Å². The number of amides is 2. The van der Waals surface area contributed by atoms with Crippen LogP contribution in [0.15, 0.2) is 24.3 Å². The van der Waals surface area contributed by atoms with Gasteiger partial charge in [0.2, 0.25) is 5.91 Å². The lowest BCUT2D eigenvalue weighted by atomic mass is 9.85. The Balaban J connectivity index is 1.50. The fourth-order valence-corrected chi connectivity index (χ4v) is 3.88. The molecule has 2 saturated carbocycles. The number of aliphatic carboxylic acids is 1. The first-order chi connectivity index (χ1) is 12.5. The van der Waals surface area contributed by atoms with Crippen LogP contribution in [-0.2, 0) is 9.59 Å². The summed E-state index contributed by atoms with van der Waals surface area (Å²) in [5.74, 6) is -0.0917.